The van der Waals surface area contributed by atoms with E-state index in [-0.39, 0.29) is 41.4 Å². The van der Waals surface area contributed by atoms with Crippen LogP contribution in [0.15, 0.2) is 41.5 Å². The summed E-state index contributed by atoms with van der Waals surface area (Å²) in [6.45, 7) is 5.60. The molecule has 2 atom stereocenters. The number of hydrogen-bond donors (Lipinski definition) is 2. The van der Waals surface area contributed by atoms with Crippen LogP contribution < -0.4 is 20.5 Å². The average molecular weight is 622 g/mol. The lowest BCUT2D eigenvalue weighted by molar-refractivity contribution is -0.138. The van der Waals surface area contributed by atoms with Gasteiger partial charge in [0.05, 0.1) is 35.6 Å². The van der Waals surface area contributed by atoms with Crippen LogP contribution >= 0.6 is 0 Å². The van der Waals surface area contributed by atoms with E-state index in [2.05, 4.69) is 20.2 Å². The molecular formula is C30H32F5N5O4. The van der Waals surface area contributed by atoms with E-state index >= 15 is 8.78 Å². The van der Waals surface area contributed by atoms with E-state index in [1.54, 1.807) is 4.90 Å². The third-order valence-electron chi connectivity index (χ3n) is 8.09. The predicted octanol–water partition coefficient (Wildman–Crippen LogP) is 5.07. The van der Waals surface area contributed by atoms with Crippen LogP contribution in [0.5, 0.6) is 5.88 Å². The van der Waals surface area contributed by atoms with Crippen molar-refractivity contribution in [1.29, 1.82) is 0 Å². The molecule has 0 radical (unpaired) electrons. The molecule has 14 heteroatoms. The zero-order valence-corrected chi connectivity index (χ0v) is 24.3. The summed E-state index contributed by atoms with van der Waals surface area (Å²) >= 11 is 0. The van der Waals surface area contributed by atoms with E-state index in [1.165, 1.54) is 18.3 Å². The number of H-pyrrole nitrogens is 1. The Bertz CT molecular complexity index is 1560. The number of nitrogens with one attached hydrogen (secondary N) is 2. The van der Waals surface area contributed by atoms with Crippen LogP contribution in [-0.2, 0) is 10.9 Å². The van der Waals surface area contributed by atoms with Crippen molar-refractivity contribution in [3.8, 4) is 17.0 Å². The van der Waals surface area contributed by atoms with E-state index in [0.717, 1.165) is 6.07 Å². The van der Waals surface area contributed by atoms with Gasteiger partial charge in [0.25, 0.3) is 5.91 Å². The van der Waals surface area contributed by atoms with Crippen LogP contribution in [0.4, 0.5) is 33.3 Å². The van der Waals surface area contributed by atoms with Crippen molar-refractivity contribution in [2.45, 2.75) is 51.1 Å². The molecule has 4 heterocycles. The number of aromatic amines is 1. The van der Waals surface area contributed by atoms with Crippen molar-refractivity contribution in [2.24, 2.45) is 0 Å². The van der Waals surface area contributed by atoms with E-state index in [9.17, 15) is 22.8 Å². The molecule has 236 valence electrons. The lowest BCUT2D eigenvalue weighted by Gasteiger charge is -2.44. The zero-order chi connectivity index (χ0) is 31.8. The van der Waals surface area contributed by atoms with E-state index < -0.39 is 51.7 Å². The Balaban J connectivity index is 1.56. The third kappa shape index (κ3) is 6.55. The van der Waals surface area contributed by atoms with Crippen LogP contribution in [0.3, 0.4) is 0 Å². The summed E-state index contributed by atoms with van der Waals surface area (Å²) in [5.41, 5.74) is -4.52. The molecule has 5 rings (SSSR count). The SMILES string of the molecule is C[C@@H]1CN(c2cc(F)c(-c3ccc(OC4CCOCC4)nc3)c(F)c2NC(=O)c2c[nH]c(=O)cc2C(F)(F)F)C[C@H](C)N1C. The summed E-state index contributed by atoms with van der Waals surface area (Å²) in [6, 6.07) is 4.10. The van der Waals surface area contributed by atoms with Gasteiger partial charge >= 0.3 is 6.18 Å². The smallest absolute Gasteiger partial charge is 0.417 e. The molecule has 44 heavy (non-hydrogen) atoms. The van der Waals surface area contributed by atoms with Gasteiger partial charge in [0.1, 0.15) is 17.6 Å². The zero-order valence-electron chi connectivity index (χ0n) is 24.3. The Morgan fingerprint density at radius 2 is 1.80 bits per heavy atom. The maximum absolute atomic E-state index is 16.4. The van der Waals surface area contributed by atoms with Gasteiger partial charge in [-0.1, -0.05) is 0 Å². The molecule has 2 fully saturated rings. The number of aromatic nitrogens is 2. The van der Waals surface area contributed by atoms with Crippen molar-refractivity contribution in [3.63, 3.8) is 0 Å². The van der Waals surface area contributed by atoms with Crippen molar-refractivity contribution in [2.75, 3.05) is 43.6 Å². The molecule has 2 aliphatic rings. The maximum Gasteiger partial charge on any atom is 0.417 e. The molecule has 2 aromatic heterocycles. The van der Waals surface area contributed by atoms with Crippen molar-refractivity contribution in [1.82, 2.24) is 14.9 Å². The quantitative estimate of drug-likeness (QED) is 0.371. The van der Waals surface area contributed by atoms with Gasteiger partial charge in [-0.2, -0.15) is 13.2 Å². The first-order valence-corrected chi connectivity index (χ1v) is 14.1. The van der Waals surface area contributed by atoms with Crippen molar-refractivity contribution >= 4 is 17.3 Å². The molecule has 2 aliphatic heterocycles. The summed E-state index contributed by atoms with van der Waals surface area (Å²) in [5.74, 6) is -3.22. The number of hydrogen-bond acceptors (Lipinski definition) is 7. The number of carbonyl (C=O) groups excluding carboxylic acids is 1. The van der Waals surface area contributed by atoms with Crippen molar-refractivity contribution in [3.05, 3.63) is 69.8 Å². The van der Waals surface area contributed by atoms with Crippen LogP contribution in [0.2, 0.25) is 0 Å². The molecular weight excluding hydrogens is 589 g/mol. The molecule has 3 aromatic rings. The first-order valence-electron chi connectivity index (χ1n) is 14.1. The second kappa shape index (κ2) is 12.5. The Labute approximate surface area is 250 Å². The van der Waals surface area contributed by atoms with Gasteiger partial charge in [0, 0.05) is 74.2 Å². The first kappa shape index (κ1) is 31.4. The van der Waals surface area contributed by atoms with E-state index in [1.807, 2.05) is 20.9 Å². The normalized spacial score (nSPS) is 20.0. The number of amides is 1. The third-order valence-corrected chi connectivity index (χ3v) is 8.09. The van der Waals surface area contributed by atoms with Gasteiger partial charge in [-0.05, 0) is 27.0 Å². The minimum atomic E-state index is -5.04. The maximum atomic E-state index is 16.4. The number of carbonyl (C=O) groups is 1. The summed E-state index contributed by atoms with van der Waals surface area (Å²) in [5, 5.41) is 2.25. The molecule has 0 saturated carbocycles. The Morgan fingerprint density at radius 1 is 1.11 bits per heavy atom. The highest BCUT2D eigenvalue weighted by molar-refractivity contribution is 6.07. The highest BCUT2D eigenvalue weighted by Crippen LogP contribution is 2.40. The van der Waals surface area contributed by atoms with Crippen molar-refractivity contribution < 1.29 is 36.2 Å². The average Bonchev–Trinajstić information content (AvgIpc) is 2.98. The summed E-state index contributed by atoms with van der Waals surface area (Å²) in [4.78, 5) is 34.9. The van der Waals surface area contributed by atoms with Gasteiger partial charge in [-0.15, -0.1) is 0 Å². The number of rotatable bonds is 6. The highest BCUT2D eigenvalue weighted by atomic mass is 19.4. The minimum absolute atomic E-state index is 0.0292. The largest absolute Gasteiger partial charge is 0.474 e. The number of anilines is 2. The molecule has 9 nitrogen and oxygen atoms in total. The number of halogens is 5. The second-order valence-electron chi connectivity index (χ2n) is 11.1. The lowest BCUT2D eigenvalue weighted by Crippen LogP contribution is -2.55. The van der Waals surface area contributed by atoms with Gasteiger partial charge in [0.2, 0.25) is 11.4 Å². The topological polar surface area (TPSA) is 99.8 Å². The molecule has 0 bridgehead atoms. The Morgan fingerprint density at radius 3 is 2.41 bits per heavy atom. The van der Waals surface area contributed by atoms with Crippen LogP contribution in [0.1, 0.15) is 42.6 Å². The van der Waals surface area contributed by atoms with Gasteiger partial charge in [-0.25, -0.2) is 13.8 Å². The monoisotopic (exact) mass is 621 g/mol. The number of piperazine rings is 1. The fraction of sp³-hybridized carbons (Fsp3) is 0.433. The fourth-order valence-corrected chi connectivity index (χ4v) is 5.48. The molecule has 2 N–H and O–H groups in total. The molecule has 1 amide bonds. The fourth-order valence-electron chi connectivity index (χ4n) is 5.48. The first-order chi connectivity index (χ1) is 20.8. The number of benzene rings is 1. The molecule has 0 aliphatic carbocycles. The van der Waals surface area contributed by atoms with E-state index in [0.29, 0.717) is 45.3 Å². The summed E-state index contributed by atoms with van der Waals surface area (Å²) < 4.78 is 84.5. The Kier molecular flexibility index (Phi) is 8.93. The number of ether oxygens (including phenoxy) is 2. The van der Waals surface area contributed by atoms with Gasteiger partial charge < -0.3 is 24.7 Å². The number of likely N-dealkylation sites (N-methyl/N-ethyl adjacent to an activating group) is 1. The second-order valence-corrected chi connectivity index (χ2v) is 11.1. The van der Waals surface area contributed by atoms with E-state index in [4.69, 9.17) is 9.47 Å². The summed E-state index contributed by atoms with van der Waals surface area (Å²) in [7, 11) is 1.91. The summed E-state index contributed by atoms with van der Waals surface area (Å²) in [6.07, 6.45) is -1.97. The molecule has 0 unspecified atom stereocenters. The number of alkyl halides is 3. The van der Waals surface area contributed by atoms with Gasteiger partial charge in [-0.3, -0.25) is 14.5 Å². The van der Waals surface area contributed by atoms with Crippen LogP contribution in [0, 0.1) is 11.6 Å². The highest BCUT2D eigenvalue weighted by Gasteiger charge is 2.37. The van der Waals surface area contributed by atoms with Gasteiger partial charge in [0.15, 0.2) is 5.82 Å². The lowest BCUT2D eigenvalue weighted by atomic mass is 10.0. The minimum Gasteiger partial charge on any atom is -0.474 e. The predicted molar refractivity (Wildman–Crippen MR) is 153 cm³/mol. The number of nitrogens with zero attached hydrogens (tertiary/aromatic N) is 3. The molecule has 0 spiro atoms. The molecule has 2 saturated heterocycles. The van der Waals surface area contributed by atoms with Crippen LogP contribution in [0.25, 0.3) is 11.1 Å². The molecule has 1 aromatic carbocycles. The standard InChI is InChI=1S/C30H32F5N5O4/c1-16-14-40(15-17(2)39(16)3)23-11-22(31)26(18-4-5-25(37-12-18)44-19-6-8-43-9-7-19)27(32)28(23)38-29(42)20-13-36-24(41)10-21(20)30(33,34)35/h4-5,10-13,16-17,19H,6-9,14-15H2,1-3H3,(H,36,41)(H,38,42)/t16-,17+. The Hall–Kier alpha value is -4.04. The number of pyridine rings is 2. The van der Waals surface area contributed by atoms with Crippen LogP contribution in [-0.4, -0.2) is 72.3 Å².